The summed E-state index contributed by atoms with van der Waals surface area (Å²) in [7, 11) is 1.98. The normalized spacial score (nSPS) is 15.3. The molecular weight excluding hydrogens is 453 g/mol. The summed E-state index contributed by atoms with van der Waals surface area (Å²) in [6, 6.07) is 6.11. The number of benzene rings is 1. The Hall–Kier alpha value is -3.46. The van der Waals surface area contributed by atoms with Gasteiger partial charge >= 0.3 is 5.97 Å². The van der Waals surface area contributed by atoms with Crippen molar-refractivity contribution in [2.45, 2.75) is 52.3 Å². The number of aromatic nitrogens is 2. The summed E-state index contributed by atoms with van der Waals surface area (Å²) in [5.74, 6) is -1.34. The van der Waals surface area contributed by atoms with E-state index in [4.69, 9.17) is 9.47 Å². The molecule has 1 aliphatic heterocycles. The molecule has 0 saturated heterocycles. The summed E-state index contributed by atoms with van der Waals surface area (Å²) in [6.45, 7) is 8.63. The maximum atomic E-state index is 13.4. The lowest BCUT2D eigenvalue weighted by atomic mass is 10.0. The number of ether oxygens (including phenoxy) is 2. The Morgan fingerprint density at radius 3 is 2.63 bits per heavy atom. The minimum absolute atomic E-state index is 0.0626. The maximum Gasteiger partial charge on any atom is 0.347 e. The van der Waals surface area contributed by atoms with E-state index < -0.39 is 28.9 Å². The van der Waals surface area contributed by atoms with Gasteiger partial charge < -0.3 is 14.6 Å². The summed E-state index contributed by atoms with van der Waals surface area (Å²) in [5, 5.41) is 10.8. The number of hydrogen-bond donors (Lipinski definition) is 1. The maximum absolute atomic E-state index is 13.4. The van der Waals surface area contributed by atoms with E-state index in [-0.39, 0.29) is 30.0 Å². The molecular formula is C26H30FN3O5. The summed E-state index contributed by atoms with van der Waals surface area (Å²) in [5.41, 5.74) is 0.717. The van der Waals surface area contributed by atoms with Crippen molar-refractivity contribution in [2.24, 2.45) is 0 Å². The van der Waals surface area contributed by atoms with E-state index in [1.807, 2.05) is 7.05 Å². The van der Waals surface area contributed by atoms with Crippen molar-refractivity contribution >= 4 is 17.0 Å². The highest BCUT2D eigenvalue weighted by atomic mass is 19.1. The van der Waals surface area contributed by atoms with Crippen molar-refractivity contribution in [2.75, 3.05) is 20.2 Å². The van der Waals surface area contributed by atoms with Crippen molar-refractivity contribution in [3.8, 4) is 11.5 Å². The molecule has 0 radical (unpaired) electrons. The van der Waals surface area contributed by atoms with Gasteiger partial charge in [0.2, 0.25) is 0 Å². The fraction of sp³-hybridized carbons (Fsp3) is 0.423. The lowest BCUT2D eigenvalue weighted by Crippen LogP contribution is -2.47. The number of nitrogens with zero attached hydrogens (tertiary/aromatic N) is 3. The third-order valence-corrected chi connectivity index (χ3v) is 6.35. The van der Waals surface area contributed by atoms with E-state index in [2.05, 4.69) is 30.7 Å². The molecule has 35 heavy (non-hydrogen) atoms. The molecule has 9 heteroatoms. The molecule has 0 aliphatic carbocycles. The molecule has 3 aromatic rings. The van der Waals surface area contributed by atoms with Gasteiger partial charge in [-0.2, -0.15) is 0 Å². The largest absolute Gasteiger partial charge is 0.505 e. The van der Waals surface area contributed by atoms with Crippen LogP contribution in [0, 0.1) is 5.82 Å². The Kier molecular flexibility index (Phi) is 6.55. The summed E-state index contributed by atoms with van der Waals surface area (Å²) >= 11 is 0. The van der Waals surface area contributed by atoms with Crippen LogP contribution in [0.2, 0.25) is 0 Å². The third-order valence-electron chi connectivity index (χ3n) is 6.35. The molecule has 2 aromatic heterocycles. The van der Waals surface area contributed by atoms with Gasteiger partial charge in [-0.1, -0.05) is 12.1 Å². The van der Waals surface area contributed by atoms with Crippen LogP contribution in [0.5, 0.6) is 11.5 Å². The number of pyridine rings is 2. The Morgan fingerprint density at radius 1 is 1.31 bits per heavy atom. The topological polar surface area (TPSA) is 93.9 Å². The molecule has 8 nitrogen and oxygen atoms in total. The highest BCUT2D eigenvalue weighted by Gasteiger charge is 2.33. The average molecular weight is 484 g/mol. The fourth-order valence-corrected chi connectivity index (χ4v) is 4.12. The average Bonchev–Trinajstić information content (AvgIpc) is 2.79. The standard InChI is InChI=1S/C26H30FN3O5/c1-6-34-25(33)19-22(31)20-21-23(16(12-28-20)11-15-7-9-17(27)10-8-15)35-18(14-30(21)24(19)32)13-29(5)26(2,3)4/h7-10,12,18,31H,6,11,13-14H2,1-5H3/t18-/m1/s1. The zero-order chi connectivity index (χ0) is 25.5. The van der Waals surface area contributed by atoms with Crippen molar-refractivity contribution in [3.63, 3.8) is 0 Å². The van der Waals surface area contributed by atoms with Crippen LogP contribution in [-0.4, -0.2) is 57.4 Å². The van der Waals surface area contributed by atoms with Gasteiger partial charge in [0.15, 0.2) is 17.1 Å². The number of halogens is 1. The number of esters is 1. The quantitative estimate of drug-likeness (QED) is 0.537. The monoisotopic (exact) mass is 483 g/mol. The predicted octanol–water partition coefficient (Wildman–Crippen LogP) is 3.50. The minimum Gasteiger partial charge on any atom is -0.505 e. The van der Waals surface area contributed by atoms with E-state index in [1.54, 1.807) is 25.3 Å². The highest BCUT2D eigenvalue weighted by Crippen LogP contribution is 2.38. The van der Waals surface area contributed by atoms with Crippen LogP contribution in [0.1, 0.15) is 49.2 Å². The first-order valence-corrected chi connectivity index (χ1v) is 11.6. The lowest BCUT2D eigenvalue weighted by Gasteiger charge is -2.37. The second kappa shape index (κ2) is 9.30. The molecule has 0 saturated carbocycles. The van der Waals surface area contributed by atoms with E-state index >= 15 is 0 Å². The number of carbonyl (C=O) groups is 1. The number of rotatable bonds is 6. The molecule has 1 N–H and O–H groups in total. The summed E-state index contributed by atoms with van der Waals surface area (Å²) in [6.07, 6.45) is 1.54. The van der Waals surface area contributed by atoms with Crippen LogP contribution in [0.15, 0.2) is 35.3 Å². The minimum atomic E-state index is -0.894. The van der Waals surface area contributed by atoms with Crippen molar-refractivity contribution in [1.82, 2.24) is 14.5 Å². The second-order valence-corrected chi connectivity index (χ2v) is 9.76. The molecule has 1 aromatic carbocycles. The zero-order valence-corrected chi connectivity index (χ0v) is 20.6. The number of carbonyl (C=O) groups excluding carboxylic acids is 1. The van der Waals surface area contributed by atoms with E-state index in [1.165, 1.54) is 16.7 Å². The molecule has 0 unspecified atom stereocenters. The fourth-order valence-electron chi connectivity index (χ4n) is 4.12. The van der Waals surface area contributed by atoms with Gasteiger partial charge in [0.05, 0.1) is 13.2 Å². The Bertz CT molecular complexity index is 1330. The Morgan fingerprint density at radius 2 is 2.00 bits per heavy atom. The van der Waals surface area contributed by atoms with Crippen molar-refractivity contribution < 1.29 is 23.8 Å². The third kappa shape index (κ3) is 4.73. The van der Waals surface area contributed by atoms with E-state index in [0.717, 1.165) is 5.56 Å². The second-order valence-electron chi connectivity index (χ2n) is 9.76. The molecule has 0 bridgehead atoms. The van der Waals surface area contributed by atoms with Gasteiger partial charge in [0.1, 0.15) is 23.0 Å². The molecule has 4 rings (SSSR count). The van der Waals surface area contributed by atoms with Crippen LogP contribution in [0.3, 0.4) is 0 Å². The van der Waals surface area contributed by atoms with Crippen molar-refractivity contribution in [1.29, 1.82) is 0 Å². The summed E-state index contributed by atoms with van der Waals surface area (Å²) < 4.78 is 26.3. The Balaban J connectivity index is 1.88. The molecule has 186 valence electrons. The van der Waals surface area contributed by atoms with E-state index in [9.17, 15) is 19.1 Å². The number of hydrogen-bond acceptors (Lipinski definition) is 7. The number of aromatic hydroxyl groups is 1. The van der Waals surface area contributed by atoms with Crippen LogP contribution < -0.4 is 10.3 Å². The van der Waals surface area contributed by atoms with Gasteiger partial charge in [-0.25, -0.2) is 9.18 Å². The molecule has 1 atom stereocenters. The zero-order valence-electron chi connectivity index (χ0n) is 20.6. The van der Waals surface area contributed by atoms with Gasteiger partial charge in [-0.15, -0.1) is 0 Å². The Labute approximate surface area is 202 Å². The first-order chi connectivity index (χ1) is 16.5. The molecule has 1 aliphatic rings. The first kappa shape index (κ1) is 24.7. The van der Waals surface area contributed by atoms with Gasteiger partial charge in [-0.05, 0) is 52.4 Å². The van der Waals surface area contributed by atoms with Crippen molar-refractivity contribution in [3.05, 3.63) is 63.3 Å². The molecule has 0 fully saturated rings. The highest BCUT2D eigenvalue weighted by molar-refractivity contribution is 6.00. The van der Waals surface area contributed by atoms with Gasteiger partial charge in [0.25, 0.3) is 5.56 Å². The SMILES string of the molecule is CCOC(=O)c1c(O)c2ncc(Cc3ccc(F)cc3)c3c2n(c1=O)C[C@@H](CN(C)C(C)(C)C)O3. The van der Waals surface area contributed by atoms with Gasteiger partial charge in [0, 0.05) is 30.3 Å². The molecule has 0 amide bonds. The van der Waals surface area contributed by atoms with Gasteiger partial charge in [-0.3, -0.25) is 19.2 Å². The van der Waals surface area contributed by atoms with Crippen LogP contribution in [0.4, 0.5) is 4.39 Å². The molecule has 0 spiro atoms. The number of likely N-dealkylation sites (N-methyl/N-ethyl adjacent to an activating group) is 1. The first-order valence-electron chi connectivity index (χ1n) is 11.6. The smallest absolute Gasteiger partial charge is 0.347 e. The van der Waals surface area contributed by atoms with E-state index in [0.29, 0.717) is 29.8 Å². The molecule has 3 heterocycles. The predicted molar refractivity (Wildman–Crippen MR) is 130 cm³/mol. The van der Waals surface area contributed by atoms with Crippen LogP contribution in [-0.2, 0) is 17.7 Å². The van der Waals surface area contributed by atoms with Crippen LogP contribution >= 0.6 is 0 Å². The summed E-state index contributed by atoms with van der Waals surface area (Å²) in [4.78, 5) is 32.5. The lowest BCUT2D eigenvalue weighted by molar-refractivity contribution is 0.0517. The van der Waals surface area contributed by atoms with Crippen LogP contribution in [0.25, 0.3) is 11.0 Å².